The van der Waals surface area contributed by atoms with Crippen LogP contribution >= 0.6 is 11.8 Å². The number of nitrogens with zero attached hydrogens (tertiary/aromatic N) is 3. The number of nitrogens with two attached hydrogens (primary N) is 1. The highest BCUT2D eigenvalue weighted by atomic mass is 32.2. The Morgan fingerprint density at radius 3 is 2.60 bits per heavy atom. The molecular formula is C14H16N4OS. The minimum atomic E-state index is 0.642. The van der Waals surface area contributed by atoms with Crippen molar-refractivity contribution in [3.8, 4) is 0 Å². The second kappa shape index (κ2) is 6.11. The first kappa shape index (κ1) is 13.2. The van der Waals surface area contributed by atoms with Gasteiger partial charge >= 0.3 is 0 Å². The maximum Gasteiger partial charge on any atom is 0.156 e. The second-order valence-corrected chi connectivity index (χ2v) is 5.49. The minimum Gasteiger partial charge on any atom is -0.394 e. The van der Waals surface area contributed by atoms with Gasteiger partial charge in [0.2, 0.25) is 0 Å². The molecule has 0 bridgehead atoms. The molecule has 6 heteroatoms. The van der Waals surface area contributed by atoms with Gasteiger partial charge in [-0.05, 0) is 12.1 Å². The van der Waals surface area contributed by atoms with E-state index >= 15 is 0 Å². The molecule has 1 aliphatic rings. The van der Waals surface area contributed by atoms with Crippen molar-refractivity contribution >= 4 is 23.3 Å². The molecule has 1 saturated heterocycles. The molecule has 0 spiro atoms. The summed E-state index contributed by atoms with van der Waals surface area (Å²) in [5.74, 6) is 0.807. The number of benzene rings is 1. The van der Waals surface area contributed by atoms with Gasteiger partial charge in [0.05, 0.1) is 13.2 Å². The predicted molar refractivity (Wildman–Crippen MR) is 80.0 cm³/mol. The standard InChI is InChI=1S/C14H16N4OS/c15-12-13(18-6-8-19-9-7-18)16-10-17-14(12)20-11-4-2-1-3-5-11/h1-5,10H,6-9,15H2. The molecule has 20 heavy (non-hydrogen) atoms. The largest absolute Gasteiger partial charge is 0.394 e. The van der Waals surface area contributed by atoms with Crippen molar-refractivity contribution in [1.29, 1.82) is 0 Å². The Hall–Kier alpha value is -1.79. The molecule has 1 aromatic heterocycles. The number of ether oxygens (including phenoxy) is 1. The third-order valence-electron chi connectivity index (χ3n) is 3.09. The Balaban J connectivity index is 1.85. The molecule has 1 fully saturated rings. The Kier molecular flexibility index (Phi) is 4.03. The lowest BCUT2D eigenvalue weighted by atomic mass is 10.3. The summed E-state index contributed by atoms with van der Waals surface area (Å²) in [6.07, 6.45) is 1.58. The number of anilines is 2. The first-order valence-electron chi connectivity index (χ1n) is 6.50. The molecule has 104 valence electrons. The zero-order valence-corrected chi connectivity index (χ0v) is 11.8. The van der Waals surface area contributed by atoms with Gasteiger partial charge < -0.3 is 15.4 Å². The Morgan fingerprint density at radius 1 is 1.10 bits per heavy atom. The van der Waals surface area contributed by atoms with Crippen LogP contribution in [0.1, 0.15) is 0 Å². The summed E-state index contributed by atoms with van der Waals surface area (Å²) in [6.45, 7) is 3.06. The summed E-state index contributed by atoms with van der Waals surface area (Å²) in [5.41, 5.74) is 6.88. The molecule has 0 saturated carbocycles. The summed E-state index contributed by atoms with van der Waals surface area (Å²) in [7, 11) is 0. The second-order valence-electron chi connectivity index (χ2n) is 4.43. The van der Waals surface area contributed by atoms with Crippen LogP contribution in [-0.2, 0) is 4.74 Å². The fraction of sp³-hybridized carbons (Fsp3) is 0.286. The van der Waals surface area contributed by atoms with Crippen molar-refractivity contribution < 1.29 is 4.74 Å². The number of morpholine rings is 1. The summed E-state index contributed by atoms with van der Waals surface area (Å²) in [6, 6.07) is 10.1. The number of hydrogen-bond donors (Lipinski definition) is 1. The molecule has 2 heterocycles. The number of rotatable bonds is 3. The Labute approximate surface area is 122 Å². The molecule has 0 atom stereocenters. The van der Waals surface area contributed by atoms with E-state index in [4.69, 9.17) is 10.5 Å². The Morgan fingerprint density at radius 2 is 1.85 bits per heavy atom. The first-order chi connectivity index (χ1) is 9.84. The summed E-state index contributed by atoms with van der Waals surface area (Å²) in [4.78, 5) is 11.9. The van der Waals surface area contributed by atoms with Gasteiger partial charge in [-0.15, -0.1) is 0 Å². The van der Waals surface area contributed by atoms with Crippen LogP contribution in [0.2, 0.25) is 0 Å². The average Bonchev–Trinajstić information content (AvgIpc) is 2.51. The van der Waals surface area contributed by atoms with Gasteiger partial charge in [0.15, 0.2) is 5.82 Å². The monoisotopic (exact) mass is 288 g/mol. The fourth-order valence-electron chi connectivity index (χ4n) is 2.08. The van der Waals surface area contributed by atoms with Crippen LogP contribution in [-0.4, -0.2) is 36.3 Å². The van der Waals surface area contributed by atoms with Crippen molar-refractivity contribution in [2.75, 3.05) is 36.9 Å². The molecule has 0 amide bonds. The molecule has 2 N–H and O–H groups in total. The Bertz CT molecular complexity index is 573. The topological polar surface area (TPSA) is 64.3 Å². The fourth-order valence-corrected chi connectivity index (χ4v) is 2.90. The van der Waals surface area contributed by atoms with E-state index in [1.807, 2.05) is 30.3 Å². The molecule has 0 radical (unpaired) electrons. The van der Waals surface area contributed by atoms with Gasteiger partial charge in [-0.3, -0.25) is 0 Å². The van der Waals surface area contributed by atoms with E-state index < -0.39 is 0 Å². The third kappa shape index (κ3) is 2.86. The normalized spacial score (nSPS) is 15.3. The number of hydrogen-bond acceptors (Lipinski definition) is 6. The first-order valence-corrected chi connectivity index (χ1v) is 7.32. The SMILES string of the molecule is Nc1c(Sc2ccccc2)ncnc1N1CCOCC1. The molecule has 5 nitrogen and oxygen atoms in total. The van der Waals surface area contributed by atoms with Crippen LogP contribution in [0.4, 0.5) is 11.5 Å². The van der Waals surface area contributed by atoms with E-state index in [-0.39, 0.29) is 0 Å². The van der Waals surface area contributed by atoms with Crippen molar-refractivity contribution in [3.63, 3.8) is 0 Å². The number of nitrogen functional groups attached to an aromatic ring is 1. The lowest BCUT2D eigenvalue weighted by Crippen LogP contribution is -2.37. The molecule has 1 aliphatic heterocycles. The van der Waals surface area contributed by atoms with Gasteiger partial charge in [-0.2, -0.15) is 0 Å². The summed E-state index contributed by atoms with van der Waals surface area (Å²) < 4.78 is 5.36. The highest BCUT2D eigenvalue weighted by Crippen LogP contribution is 2.34. The van der Waals surface area contributed by atoms with E-state index in [1.54, 1.807) is 18.1 Å². The van der Waals surface area contributed by atoms with Crippen LogP contribution in [0, 0.1) is 0 Å². The van der Waals surface area contributed by atoms with Crippen molar-refractivity contribution in [2.45, 2.75) is 9.92 Å². The predicted octanol–water partition coefficient (Wildman–Crippen LogP) is 2.05. The van der Waals surface area contributed by atoms with Gasteiger partial charge in [-0.1, -0.05) is 30.0 Å². The van der Waals surface area contributed by atoms with E-state index in [9.17, 15) is 0 Å². The van der Waals surface area contributed by atoms with Gasteiger partial charge in [0, 0.05) is 18.0 Å². The zero-order chi connectivity index (χ0) is 13.8. The van der Waals surface area contributed by atoms with Crippen LogP contribution in [0.5, 0.6) is 0 Å². The third-order valence-corrected chi connectivity index (χ3v) is 4.12. The minimum absolute atomic E-state index is 0.642. The van der Waals surface area contributed by atoms with E-state index in [2.05, 4.69) is 14.9 Å². The molecule has 1 aromatic carbocycles. The van der Waals surface area contributed by atoms with E-state index in [0.717, 1.165) is 28.8 Å². The number of aromatic nitrogens is 2. The molecule has 0 unspecified atom stereocenters. The average molecular weight is 288 g/mol. The molecule has 3 rings (SSSR count). The smallest absolute Gasteiger partial charge is 0.156 e. The van der Waals surface area contributed by atoms with Crippen molar-refractivity contribution in [3.05, 3.63) is 36.7 Å². The van der Waals surface area contributed by atoms with Gasteiger partial charge in [-0.25, -0.2) is 9.97 Å². The highest BCUT2D eigenvalue weighted by Gasteiger charge is 2.18. The van der Waals surface area contributed by atoms with Crippen molar-refractivity contribution in [1.82, 2.24) is 9.97 Å². The maximum atomic E-state index is 6.23. The maximum absolute atomic E-state index is 6.23. The quantitative estimate of drug-likeness (QED) is 0.872. The van der Waals surface area contributed by atoms with E-state index in [0.29, 0.717) is 18.9 Å². The lowest BCUT2D eigenvalue weighted by Gasteiger charge is -2.28. The van der Waals surface area contributed by atoms with Crippen LogP contribution in [0.25, 0.3) is 0 Å². The van der Waals surface area contributed by atoms with Crippen LogP contribution in [0.3, 0.4) is 0 Å². The zero-order valence-electron chi connectivity index (χ0n) is 11.0. The lowest BCUT2D eigenvalue weighted by molar-refractivity contribution is 0.122. The van der Waals surface area contributed by atoms with Gasteiger partial charge in [0.1, 0.15) is 17.0 Å². The highest BCUT2D eigenvalue weighted by molar-refractivity contribution is 7.99. The van der Waals surface area contributed by atoms with Crippen LogP contribution in [0.15, 0.2) is 46.6 Å². The van der Waals surface area contributed by atoms with Crippen LogP contribution < -0.4 is 10.6 Å². The molecular weight excluding hydrogens is 272 g/mol. The van der Waals surface area contributed by atoms with Crippen molar-refractivity contribution in [2.24, 2.45) is 0 Å². The summed E-state index contributed by atoms with van der Waals surface area (Å²) >= 11 is 1.56. The summed E-state index contributed by atoms with van der Waals surface area (Å²) in [5, 5.41) is 0.799. The molecule has 0 aliphatic carbocycles. The van der Waals surface area contributed by atoms with Gasteiger partial charge in [0.25, 0.3) is 0 Å². The van der Waals surface area contributed by atoms with E-state index in [1.165, 1.54) is 0 Å². The molecule has 2 aromatic rings.